The third-order valence-electron chi connectivity index (χ3n) is 3.93. The molecule has 2 aromatic carbocycles. The molecule has 0 aliphatic rings. The summed E-state index contributed by atoms with van der Waals surface area (Å²) in [5.74, 6) is 0.677. The Balaban J connectivity index is 1.50. The van der Waals surface area contributed by atoms with E-state index in [1.807, 2.05) is 61.5 Å². The highest BCUT2D eigenvalue weighted by molar-refractivity contribution is 7.89. The smallest absolute Gasteiger partial charge is 0.247 e. The fourth-order valence-electron chi connectivity index (χ4n) is 2.49. The largest absolute Gasteiger partial charge is 0.419 e. The zero-order valence-electron chi connectivity index (χ0n) is 14.6. The van der Waals surface area contributed by atoms with Gasteiger partial charge in [0.05, 0.1) is 12.3 Å². The van der Waals surface area contributed by atoms with Crippen molar-refractivity contribution in [1.82, 2.24) is 14.9 Å². The van der Waals surface area contributed by atoms with Crippen molar-refractivity contribution in [3.8, 4) is 11.5 Å². The number of hydrogen-bond acceptors (Lipinski definition) is 5. The average Bonchev–Trinajstić information content (AvgIpc) is 3.11. The van der Waals surface area contributed by atoms with Crippen LogP contribution >= 0.6 is 0 Å². The van der Waals surface area contributed by atoms with E-state index in [9.17, 15) is 8.42 Å². The molecule has 0 amide bonds. The minimum absolute atomic E-state index is 0.00741. The second-order valence-electron chi connectivity index (χ2n) is 6.10. The molecular weight excluding hydrogens is 350 g/mol. The zero-order valence-corrected chi connectivity index (χ0v) is 15.4. The fraction of sp³-hybridized carbons (Fsp3) is 0.263. The summed E-state index contributed by atoms with van der Waals surface area (Å²) in [7, 11) is -3.39. The monoisotopic (exact) mass is 371 g/mol. The topological polar surface area (TPSA) is 85.1 Å². The lowest BCUT2D eigenvalue weighted by molar-refractivity contribution is 0.494. The number of rotatable bonds is 8. The molecule has 26 heavy (non-hydrogen) atoms. The van der Waals surface area contributed by atoms with Crippen LogP contribution in [-0.4, -0.2) is 24.4 Å². The standard InChI is InChI=1S/C19H21N3O3S/c1-15-9-11-17(12-10-15)19-22-21-18(25-19)14-20-26(23,24)13-5-8-16-6-3-2-4-7-16/h2-4,6-7,9-12,20H,5,8,13-14H2,1H3. The Labute approximate surface area is 153 Å². The van der Waals surface area contributed by atoms with Gasteiger partial charge >= 0.3 is 0 Å². The van der Waals surface area contributed by atoms with E-state index in [2.05, 4.69) is 14.9 Å². The predicted octanol–water partition coefficient (Wildman–Crippen LogP) is 3.10. The normalized spacial score (nSPS) is 11.6. The van der Waals surface area contributed by atoms with Crippen LogP contribution in [0.25, 0.3) is 11.5 Å². The maximum absolute atomic E-state index is 12.1. The first-order valence-corrected chi connectivity index (χ1v) is 10.1. The first-order valence-electron chi connectivity index (χ1n) is 8.42. The van der Waals surface area contributed by atoms with E-state index < -0.39 is 10.0 Å². The van der Waals surface area contributed by atoms with Gasteiger partial charge in [-0.15, -0.1) is 10.2 Å². The Morgan fingerprint density at radius 1 is 1.00 bits per heavy atom. The van der Waals surface area contributed by atoms with E-state index in [1.54, 1.807) is 0 Å². The molecule has 0 atom stereocenters. The van der Waals surface area contributed by atoms with Crippen LogP contribution in [0.1, 0.15) is 23.4 Å². The molecule has 0 spiro atoms. The van der Waals surface area contributed by atoms with Gasteiger partial charge in [-0.1, -0.05) is 48.0 Å². The molecule has 0 radical (unpaired) electrons. The summed E-state index contributed by atoms with van der Waals surface area (Å²) in [4.78, 5) is 0. The summed E-state index contributed by atoms with van der Waals surface area (Å²) in [5, 5.41) is 7.87. The van der Waals surface area contributed by atoms with Gasteiger partial charge in [-0.2, -0.15) is 0 Å². The summed E-state index contributed by atoms with van der Waals surface area (Å²) >= 11 is 0. The number of nitrogens with zero attached hydrogens (tertiary/aromatic N) is 2. The summed E-state index contributed by atoms with van der Waals surface area (Å²) in [6.07, 6.45) is 1.28. The SMILES string of the molecule is Cc1ccc(-c2nnc(CNS(=O)(=O)CCCc3ccccc3)o2)cc1. The summed E-state index contributed by atoms with van der Waals surface area (Å²) in [6.45, 7) is 1.99. The lowest BCUT2D eigenvalue weighted by Crippen LogP contribution is -2.26. The quantitative estimate of drug-likeness (QED) is 0.658. The molecule has 0 bridgehead atoms. The van der Waals surface area contributed by atoms with Crippen LogP contribution in [0.2, 0.25) is 0 Å². The molecule has 7 heteroatoms. The van der Waals surface area contributed by atoms with Crippen LogP contribution in [0, 0.1) is 6.92 Å². The van der Waals surface area contributed by atoms with Gasteiger partial charge in [0, 0.05) is 5.56 Å². The Hall–Kier alpha value is -2.51. The third-order valence-corrected chi connectivity index (χ3v) is 5.34. The molecule has 3 rings (SSSR count). The highest BCUT2D eigenvalue weighted by Crippen LogP contribution is 2.18. The van der Waals surface area contributed by atoms with E-state index in [1.165, 1.54) is 0 Å². The van der Waals surface area contributed by atoms with Crippen molar-refractivity contribution in [3.05, 3.63) is 71.6 Å². The van der Waals surface area contributed by atoms with Crippen LogP contribution in [0.3, 0.4) is 0 Å². The summed E-state index contributed by atoms with van der Waals surface area (Å²) < 4.78 is 32.3. The van der Waals surface area contributed by atoms with Gasteiger partial charge in [-0.25, -0.2) is 13.1 Å². The molecule has 136 valence electrons. The maximum atomic E-state index is 12.1. The van der Waals surface area contributed by atoms with Gasteiger partial charge in [0.25, 0.3) is 0 Å². The summed E-state index contributed by atoms with van der Waals surface area (Å²) in [6, 6.07) is 17.5. The lowest BCUT2D eigenvalue weighted by Gasteiger charge is -2.05. The Morgan fingerprint density at radius 3 is 2.46 bits per heavy atom. The van der Waals surface area contributed by atoms with Gasteiger partial charge in [0.1, 0.15) is 0 Å². The second-order valence-corrected chi connectivity index (χ2v) is 8.02. The molecule has 0 saturated heterocycles. The second kappa shape index (κ2) is 8.25. The van der Waals surface area contributed by atoms with E-state index in [0.29, 0.717) is 12.3 Å². The number of aryl methyl sites for hydroxylation is 2. The Morgan fingerprint density at radius 2 is 1.73 bits per heavy atom. The Bertz CT molecular complexity index is 936. The minimum Gasteiger partial charge on any atom is -0.419 e. The van der Waals surface area contributed by atoms with Gasteiger partial charge < -0.3 is 4.42 Å². The predicted molar refractivity (Wildman–Crippen MR) is 99.9 cm³/mol. The molecule has 0 fully saturated rings. The van der Waals surface area contributed by atoms with Gasteiger partial charge in [-0.05, 0) is 37.5 Å². The first kappa shape index (κ1) is 18.3. The van der Waals surface area contributed by atoms with Gasteiger partial charge in [0.2, 0.25) is 21.8 Å². The maximum Gasteiger partial charge on any atom is 0.247 e. The van der Waals surface area contributed by atoms with E-state index in [4.69, 9.17) is 4.42 Å². The molecule has 1 heterocycles. The molecule has 3 aromatic rings. The average molecular weight is 371 g/mol. The van der Waals surface area contributed by atoms with Crippen molar-refractivity contribution in [2.45, 2.75) is 26.3 Å². The van der Waals surface area contributed by atoms with E-state index in [0.717, 1.165) is 23.1 Å². The minimum atomic E-state index is -3.39. The van der Waals surface area contributed by atoms with Crippen LogP contribution in [0.15, 0.2) is 59.0 Å². The van der Waals surface area contributed by atoms with Crippen LogP contribution in [0.4, 0.5) is 0 Å². The summed E-state index contributed by atoms with van der Waals surface area (Å²) in [5.41, 5.74) is 3.07. The molecule has 0 aliphatic heterocycles. The fourth-order valence-corrected chi connectivity index (χ4v) is 3.50. The number of aromatic nitrogens is 2. The molecule has 1 aromatic heterocycles. The van der Waals surface area contributed by atoms with Crippen LogP contribution < -0.4 is 4.72 Å². The number of hydrogen-bond donors (Lipinski definition) is 1. The van der Waals surface area contributed by atoms with Crippen molar-refractivity contribution in [1.29, 1.82) is 0 Å². The van der Waals surface area contributed by atoms with Crippen molar-refractivity contribution < 1.29 is 12.8 Å². The van der Waals surface area contributed by atoms with E-state index >= 15 is 0 Å². The van der Waals surface area contributed by atoms with Gasteiger partial charge in [0.15, 0.2) is 0 Å². The molecule has 0 aliphatic carbocycles. The molecule has 0 unspecified atom stereocenters. The van der Waals surface area contributed by atoms with Crippen LogP contribution in [-0.2, 0) is 23.0 Å². The van der Waals surface area contributed by atoms with E-state index in [-0.39, 0.29) is 18.2 Å². The van der Waals surface area contributed by atoms with Crippen LogP contribution in [0.5, 0.6) is 0 Å². The van der Waals surface area contributed by atoms with Crippen molar-refractivity contribution >= 4 is 10.0 Å². The zero-order chi connectivity index (χ0) is 18.4. The molecule has 6 nitrogen and oxygen atoms in total. The number of sulfonamides is 1. The Kier molecular flexibility index (Phi) is 5.80. The van der Waals surface area contributed by atoms with Crippen molar-refractivity contribution in [2.24, 2.45) is 0 Å². The molecular formula is C19H21N3O3S. The third kappa shape index (κ3) is 5.24. The highest BCUT2D eigenvalue weighted by atomic mass is 32.2. The number of benzene rings is 2. The number of nitrogens with one attached hydrogen (secondary N) is 1. The van der Waals surface area contributed by atoms with Gasteiger partial charge in [-0.3, -0.25) is 0 Å². The van der Waals surface area contributed by atoms with Crippen molar-refractivity contribution in [3.63, 3.8) is 0 Å². The molecule has 0 saturated carbocycles. The first-order chi connectivity index (χ1) is 12.5. The molecule has 1 N–H and O–H groups in total. The highest BCUT2D eigenvalue weighted by Gasteiger charge is 2.13. The van der Waals surface area contributed by atoms with Crippen molar-refractivity contribution in [2.75, 3.05) is 5.75 Å². The lowest BCUT2D eigenvalue weighted by atomic mass is 10.1.